The quantitative estimate of drug-likeness (QED) is 0.571. The largest absolute Gasteiger partial charge is 0.469 e. The Bertz CT molecular complexity index is 406. The summed E-state index contributed by atoms with van der Waals surface area (Å²) in [5, 5.41) is 2.74. The van der Waals surface area contributed by atoms with Gasteiger partial charge < -0.3 is 15.8 Å². The van der Waals surface area contributed by atoms with Crippen LogP contribution in [0.3, 0.4) is 0 Å². The average Bonchev–Trinajstić information content (AvgIpc) is 2.44. The third-order valence-electron chi connectivity index (χ3n) is 2.74. The fraction of sp³-hybridized carbons (Fsp3) is 0.429. The highest BCUT2D eigenvalue weighted by molar-refractivity contribution is 5.76. The van der Waals surface area contributed by atoms with E-state index in [1.54, 1.807) is 0 Å². The molecule has 5 heteroatoms. The molecule has 1 aromatic carbocycles. The Hall–Kier alpha value is -1.88. The van der Waals surface area contributed by atoms with Crippen molar-refractivity contribution in [1.29, 1.82) is 0 Å². The maximum Gasteiger partial charge on any atom is 0.305 e. The van der Waals surface area contributed by atoms with E-state index in [0.717, 1.165) is 5.56 Å². The van der Waals surface area contributed by atoms with Gasteiger partial charge in [-0.1, -0.05) is 30.3 Å². The Balaban J connectivity index is 2.22. The van der Waals surface area contributed by atoms with Gasteiger partial charge in [0.15, 0.2) is 0 Å². The van der Waals surface area contributed by atoms with Crippen molar-refractivity contribution < 1.29 is 14.3 Å². The first-order chi connectivity index (χ1) is 9.13. The smallest absolute Gasteiger partial charge is 0.305 e. The Kier molecular flexibility index (Phi) is 6.60. The summed E-state index contributed by atoms with van der Waals surface area (Å²) in [7, 11) is 1.35. The van der Waals surface area contributed by atoms with Crippen molar-refractivity contribution >= 4 is 11.9 Å². The fourth-order valence-corrected chi connectivity index (χ4v) is 1.65. The van der Waals surface area contributed by atoms with Crippen molar-refractivity contribution in [3.05, 3.63) is 35.9 Å². The average molecular weight is 264 g/mol. The Morgan fingerprint density at radius 1 is 1.32 bits per heavy atom. The van der Waals surface area contributed by atoms with Gasteiger partial charge in [-0.2, -0.15) is 0 Å². The van der Waals surface area contributed by atoms with Crippen LogP contribution in [0.1, 0.15) is 30.9 Å². The molecule has 0 saturated heterocycles. The van der Waals surface area contributed by atoms with E-state index in [1.807, 2.05) is 30.3 Å². The number of hydrogen-bond acceptors (Lipinski definition) is 4. The number of benzene rings is 1. The molecule has 1 amide bonds. The molecule has 19 heavy (non-hydrogen) atoms. The molecule has 0 spiro atoms. The highest BCUT2D eigenvalue weighted by atomic mass is 16.5. The molecule has 0 saturated carbocycles. The van der Waals surface area contributed by atoms with Gasteiger partial charge in [0.05, 0.1) is 7.11 Å². The van der Waals surface area contributed by atoms with Gasteiger partial charge in [0.2, 0.25) is 5.91 Å². The molecule has 0 radical (unpaired) electrons. The van der Waals surface area contributed by atoms with Crippen molar-refractivity contribution in [2.45, 2.75) is 25.3 Å². The lowest BCUT2D eigenvalue weighted by Crippen LogP contribution is -2.28. The van der Waals surface area contributed by atoms with Crippen molar-refractivity contribution in [3.8, 4) is 0 Å². The van der Waals surface area contributed by atoms with Gasteiger partial charge in [0.25, 0.3) is 0 Å². The number of hydrogen-bond donors (Lipinski definition) is 2. The van der Waals surface area contributed by atoms with Crippen LogP contribution < -0.4 is 11.1 Å². The predicted octanol–water partition coefficient (Wildman–Crippen LogP) is 1.15. The van der Waals surface area contributed by atoms with Crippen LogP contribution in [-0.2, 0) is 14.3 Å². The van der Waals surface area contributed by atoms with Crippen molar-refractivity contribution in [1.82, 2.24) is 5.32 Å². The second-order valence-electron chi connectivity index (χ2n) is 4.25. The lowest BCUT2D eigenvalue weighted by Gasteiger charge is -2.11. The second-order valence-corrected chi connectivity index (χ2v) is 4.25. The molecule has 1 unspecified atom stereocenters. The van der Waals surface area contributed by atoms with Crippen LogP contribution in [0.4, 0.5) is 0 Å². The van der Waals surface area contributed by atoms with Gasteiger partial charge in [-0.25, -0.2) is 0 Å². The molecule has 5 nitrogen and oxygen atoms in total. The third-order valence-corrected chi connectivity index (χ3v) is 2.74. The number of rotatable bonds is 7. The summed E-state index contributed by atoms with van der Waals surface area (Å²) in [5.74, 6) is -0.378. The van der Waals surface area contributed by atoms with E-state index in [-0.39, 0.29) is 24.3 Å². The molecule has 1 atom stereocenters. The van der Waals surface area contributed by atoms with Crippen LogP contribution in [0.2, 0.25) is 0 Å². The zero-order chi connectivity index (χ0) is 14.1. The van der Waals surface area contributed by atoms with Crippen LogP contribution in [0.15, 0.2) is 30.3 Å². The van der Waals surface area contributed by atoms with Gasteiger partial charge >= 0.3 is 5.97 Å². The molecule has 104 valence electrons. The Morgan fingerprint density at radius 3 is 2.63 bits per heavy atom. The molecule has 0 aliphatic heterocycles. The van der Waals surface area contributed by atoms with Gasteiger partial charge in [0.1, 0.15) is 0 Å². The van der Waals surface area contributed by atoms with E-state index in [1.165, 1.54) is 7.11 Å². The van der Waals surface area contributed by atoms with Crippen molar-refractivity contribution in [2.24, 2.45) is 5.73 Å². The maximum absolute atomic E-state index is 11.6. The molecule has 0 heterocycles. The zero-order valence-electron chi connectivity index (χ0n) is 11.1. The van der Waals surface area contributed by atoms with E-state index in [0.29, 0.717) is 19.4 Å². The number of carbonyl (C=O) groups is 2. The summed E-state index contributed by atoms with van der Waals surface area (Å²) >= 11 is 0. The first-order valence-corrected chi connectivity index (χ1v) is 6.27. The highest BCUT2D eigenvalue weighted by Crippen LogP contribution is 2.12. The molecule has 1 rings (SSSR count). The zero-order valence-corrected chi connectivity index (χ0v) is 11.1. The van der Waals surface area contributed by atoms with E-state index >= 15 is 0 Å². The molecular weight excluding hydrogens is 244 g/mol. The number of esters is 1. The van der Waals surface area contributed by atoms with Crippen molar-refractivity contribution in [3.63, 3.8) is 0 Å². The highest BCUT2D eigenvalue weighted by Gasteiger charge is 2.10. The number of methoxy groups -OCH3 is 1. The fourth-order valence-electron chi connectivity index (χ4n) is 1.65. The van der Waals surface area contributed by atoms with Crippen LogP contribution in [-0.4, -0.2) is 25.5 Å². The van der Waals surface area contributed by atoms with Crippen LogP contribution in [0.25, 0.3) is 0 Å². The van der Waals surface area contributed by atoms with E-state index in [4.69, 9.17) is 5.73 Å². The maximum atomic E-state index is 11.6. The minimum atomic E-state index is -0.304. The molecule has 3 N–H and O–H groups in total. The molecular formula is C14H20N2O3. The van der Waals surface area contributed by atoms with Gasteiger partial charge in [-0.05, 0) is 12.0 Å². The predicted molar refractivity (Wildman–Crippen MR) is 72.2 cm³/mol. The topological polar surface area (TPSA) is 81.4 Å². The summed E-state index contributed by atoms with van der Waals surface area (Å²) < 4.78 is 4.51. The summed E-state index contributed by atoms with van der Waals surface area (Å²) in [5.41, 5.74) is 6.87. The number of nitrogens with two attached hydrogens (primary N) is 1. The summed E-state index contributed by atoms with van der Waals surface area (Å²) in [4.78, 5) is 22.5. The molecule has 0 bridgehead atoms. The molecule has 0 aliphatic rings. The normalized spacial score (nSPS) is 11.7. The Morgan fingerprint density at radius 2 is 2.00 bits per heavy atom. The third kappa shape index (κ3) is 6.01. The minimum absolute atomic E-state index is 0.110. The number of carbonyl (C=O) groups excluding carboxylic acids is 2. The monoisotopic (exact) mass is 264 g/mol. The summed E-state index contributed by atoms with van der Waals surface area (Å²) in [6.45, 7) is 0.454. The molecule has 0 aromatic heterocycles. The van der Waals surface area contributed by atoms with Crippen LogP contribution in [0.5, 0.6) is 0 Å². The summed E-state index contributed by atoms with van der Waals surface area (Å²) in [6.07, 6.45) is 1.11. The van der Waals surface area contributed by atoms with E-state index in [9.17, 15) is 9.59 Å². The van der Waals surface area contributed by atoms with Crippen LogP contribution >= 0.6 is 0 Å². The number of nitrogens with one attached hydrogen (secondary N) is 1. The molecule has 0 aliphatic carbocycles. The number of ether oxygens (including phenoxy) is 1. The second kappa shape index (κ2) is 8.26. The van der Waals surface area contributed by atoms with Gasteiger partial charge in [-0.15, -0.1) is 0 Å². The molecule has 1 aromatic rings. The van der Waals surface area contributed by atoms with Crippen LogP contribution in [0, 0.1) is 0 Å². The van der Waals surface area contributed by atoms with Gasteiger partial charge in [0, 0.05) is 25.4 Å². The Labute approximate surface area is 113 Å². The van der Waals surface area contributed by atoms with Gasteiger partial charge in [-0.3, -0.25) is 9.59 Å². The lowest BCUT2D eigenvalue weighted by molar-refractivity contribution is -0.140. The van der Waals surface area contributed by atoms with E-state index in [2.05, 4.69) is 10.1 Å². The van der Waals surface area contributed by atoms with Crippen molar-refractivity contribution in [2.75, 3.05) is 13.7 Å². The minimum Gasteiger partial charge on any atom is -0.469 e. The standard InChI is InChI=1S/C14H20N2O3/c1-19-14(18)8-5-9-16-13(17)10-12(15)11-6-3-2-4-7-11/h2-4,6-7,12H,5,8-10,15H2,1H3,(H,16,17). The number of amides is 1. The SMILES string of the molecule is COC(=O)CCCNC(=O)CC(N)c1ccccc1. The lowest BCUT2D eigenvalue weighted by atomic mass is 10.0. The molecule has 0 fully saturated rings. The first kappa shape index (κ1) is 15.2. The van der Waals surface area contributed by atoms with E-state index < -0.39 is 0 Å². The first-order valence-electron chi connectivity index (χ1n) is 6.27. The summed E-state index contributed by atoms with van der Waals surface area (Å²) in [6, 6.07) is 9.18.